The maximum absolute atomic E-state index is 12.8. The SMILES string of the molecule is CC(C)COC(=O)N(Cc1cc(CO[Si](C)(C)C(C)(C)C)cc2cccnc12)C1CC1. The fourth-order valence-electron chi connectivity index (χ4n) is 3.25. The Morgan fingerprint density at radius 2 is 1.97 bits per heavy atom. The third-order valence-electron chi connectivity index (χ3n) is 6.35. The van der Waals surface area contributed by atoms with Crippen LogP contribution in [0, 0.1) is 5.92 Å². The highest BCUT2D eigenvalue weighted by atomic mass is 28.4. The van der Waals surface area contributed by atoms with E-state index in [1.54, 1.807) is 0 Å². The zero-order chi connectivity index (χ0) is 22.8. The monoisotopic (exact) mass is 442 g/mol. The fourth-order valence-corrected chi connectivity index (χ4v) is 4.21. The minimum absolute atomic E-state index is 0.164. The molecule has 0 unspecified atom stereocenters. The van der Waals surface area contributed by atoms with Crippen LogP contribution in [0.1, 0.15) is 58.6 Å². The average molecular weight is 443 g/mol. The maximum Gasteiger partial charge on any atom is 0.410 e. The molecule has 1 aromatic carbocycles. The number of aromatic nitrogens is 1. The molecular weight excluding hydrogens is 404 g/mol. The van der Waals surface area contributed by atoms with Gasteiger partial charge < -0.3 is 14.1 Å². The molecule has 0 saturated heterocycles. The molecule has 1 fully saturated rings. The summed E-state index contributed by atoms with van der Waals surface area (Å²) in [6, 6.07) is 8.64. The lowest BCUT2D eigenvalue weighted by molar-refractivity contribution is 0.0871. The quantitative estimate of drug-likeness (QED) is 0.437. The zero-order valence-electron chi connectivity index (χ0n) is 20.2. The van der Waals surface area contributed by atoms with Crippen molar-refractivity contribution in [3.05, 3.63) is 41.6 Å². The van der Waals surface area contributed by atoms with Gasteiger partial charge in [-0.1, -0.05) is 40.7 Å². The van der Waals surface area contributed by atoms with E-state index in [2.05, 4.69) is 70.9 Å². The number of fused-ring (bicyclic) bond motifs is 1. The molecule has 0 spiro atoms. The second-order valence-corrected chi connectivity index (χ2v) is 15.5. The normalized spacial score (nSPS) is 14.8. The molecule has 2 aromatic rings. The van der Waals surface area contributed by atoms with Crippen molar-refractivity contribution >= 4 is 25.3 Å². The first kappa shape index (κ1) is 23.7. The summed E-state index contributed by atoms with van der Waals surface area (Å²) in [6.45, 7) is 17.0. The Bertz CT molecular complexity index is 917. The second-order valence-electron chi connectivity index (χ2n) is 10.7. The van der Waals surface area contributed by atoms with Gasteiger partial charge in [0.25, 0.3) is 0 Å². The first-order valence-electron chi connectivity index (χ1n) is 11.4. The molecule has 0 aliphatic heterocycles. The molecule has 1 aromatic heterocycles. The first-order chi connectivity index (χ1) is 14.5. The van der Waals surface area contributed by atoms with Crippen molar-refractivity contribution in [3.63, 3.8) is 0 Å². The first-order valence-corrected chi connectivity index (χ1v) is 14.3. The molecule has 1 aliphatic carbocycles. The van der Waals surface area contributed by atoms with Crippen molar-refractivity contribution in [3.8, 4) is 0 Å². The molecule has 0 atom stereocenters. The minimum Gasteiger partial charge on any atom is -0.449 e. The van der Waals surface area contributed by atoms with Crippen LogP contribution in [0.4, 0.5) is 4.79 Å². The second kappa shape index (κ2) is 9.29. The van der Waals surface area contributed by atoms with Gasteiger partial charge in [-0.2, -0.15) is 0 Å². The van der Waals surface area contributed by atoms with Crippen molar-refractivity contribution in [1.82, 2.24) is 9.88 Å². The number of hydrogen-bond donors (Lipinski definition) is 0. The van der Waals surface area contributed by atoms with Crippen LogP contribution in [0.2, 0.25) is 18.1 Å². The van der Waals surface area contributed by atoms with E-state index in [-0.39, 0.29) is 17.2 Å². The van der Waals surface area contributed by atoms with E-state index in [0.29, 0.717) is 25.7 Å². The number of carbonyl (C=O) groups excluding carboxylic acids is 1. The summed E-state index contributed by atoms with van der Waals surface area (Å²) in [5, 5.41) is 1.25. The number of nitrogens with zero attached hydrogens (tertiary/aromatic N) is 2. The van der Waals surface area contributed by atoms with Crippen molar-refractivity contribution in [1.29, 1.82) is 0 Å². The molecule has 1 aliphatic rings. The van der Waals surface area contributed by atoms with Crippen LogP contribution in [0.15, 0.2) is 30.5 Å². The number of benzene rings is 1. The van der Waals surface area contributed by atoms with Crippen LogP contribution in [0.3, 0.4) is 0 Å². The number of carbonyl (C=O) groups is 1. The van der Waals surface area contributed by atoms with Crippen LogP contribution in [-0.2, 0) is 22.3 Å². The summed E-state index contributed by atoms with van der Waals surface area (Å²) in [7, 11) is -1.85. The summed E-state index contributed by atoms with van der Waals surface area (Å²) in [5.74, 6) is 0.323. The molecular formula is C25H38N2O3Si. The lowest BCUT2D eigenvalue weighted by Crippen LogP contribution is -2.40. The van der Waals surface area contributed by atoms with Gasteiger partial charge in [-0.25, -0.2) is 4.79 Å². The minimum atomic E-state index is -1.85. The van der Waals surface area contributed by atoms with Gasteiger partial charge in [-0.3, -0.25) is 4.98 Å². The van der Waals surface area contributed by atoms with E-state index < -0.39 is 8.32 Å². The molecule has 0 radical (unpaired) electrons. The van der Waals surface area contributed by atoms with Crippen molar-refractivity contribution in [2.75, 3.05) is 6.61 Å². The highest BCUT2D eigenvalue weighted by Gasteiger charge is 2.37. The van der Waals surface area contributed by atoms with E-state index in [0.717, 1.165) is 34.9 Å². The van der Waals surface area contributed by atoms with Gasteiger partial charge in [-0.15, -0.1) is 0 Å². The van der Waals surface area contributed by atoms with E-state index in [1.807, 2.05) is 17.2 Å². The summed E-state index contributed by atoms with van der Waals surface area (Å²) < 4.78 is 12.0. The summed E-state index contributed by atoms with van der Waals surface area (Å²) >= 11 is 0. The van der Waals surface area contributed by atoms with Crippen LogP contribution >= 0.6 is 0 Å². The Labute approximate surface area is 188 Å². The molecule has 1 saturated carbocycles. The average Bonchev–Trinajstić information content (AvgIpc) is 3.52. The molecule has 5 nitrogen and oxygen atoms in total. The number of hydrogen-bond acceptors (Lipinski definition) is 4. The lowest BCUT2D eigenvalue weighted by atomic mass is 10.0. The highest BCUT2D eigenvalue weighted by molar-refractivity contribution is 6.74. The van der Waals surface area contributed by atoms with E-state index in [9.17, 15) is 4.79 Å². The van der Waals surface area contributed by atoms with Crippen molar-refractivity contribution in [2.24, 2.45) is 5.92 Å². The maximum atomic E-state index is 12.8. The summed E-state index contributed by atoms with van der Waals surface area (Å²) in [4.78, 5) is 19.3. The Hall–Kier alpha value is -1.92. The van der Waals surface area contributed by atoms with Crippen LogP contribution < -0.4 is 0 Å². The predicted molar refractivity (Wildman–Crippen MR) is 128 cm³/mol. The van der Waals surface area contributed by atoms with Gasteiger partial charge in [0, 0.05) is 17.6 Å². The molecule has 1 amide bonds. The number of pyridine rings is 1. The molecule has 1 heterocycles. The van der Waals surface area contributed by atoms with Gasteiger partial charge in [0.05, 0.1) is 25.3 Å². The lowest BCUT2D eigenvalue weighted by Gasteiger charge is -2.36. The highest BCUT2D eigenvalue weighted by Crippen LogP contribution is 2.37. The van der Waals surface area contributed by atoms with E-state index in [4.69, 9.17) is 9.16 Å². The zero-order valence-corrected chi connectivity index (χ0v) is 21.2. The summed E-state index contributed by atoms with van der Waals surface area (Å²) in [6.07, 6.45) is 3.67. The van der Waals surface area contributed by atoms with Gasteiger partial charge in [0.1, 0.15) is 0 Å². The molecule has 3 rings (SSSR count). The van der Waals surface area contributed by atoms with Crippen LogP contribution in [0.5, 0.6) is 0 Å². The summed E-state index contributed by atoms with van der Waals surface area (Å²) in [5.41, 5.74) is 3.13. The molecule has 6 heteroatoms. The van der Waals surface area contributed by atoms with E-state index >= 15 is 0 Å². The van der Waals surface area contributed by atoms with Crippen molar-refractivity contribution in [2.45, 2.75) is 84.8 Å². The largest absolute Gasteiger partial charge is 0.449 e. The number of rotatable bonds is 8. The van der Waals surface area contributed by atoms with Crippen LogP contribution in [-0.4, -0.2) is 36.9 Å². The van der Waals surface area contributed by atoms with E-state index in [1.165, 1.54) is 0 Å². The fraction of sp³-hybridized carbons (Fsp3) is 0.600. The molecule has 31 heavy (non-hydrogen) atoms. The Balaban J connectivity index is 1.85. The van der Waals surface area contributed by atoms with Crippen molar-refractivity contribution < 1.29 is 14.0 Å². The van der Waals surface area contributed by atoms with Crippen LogP contribution in [0.25, 0.3) is 10.9 Å². The predicted octanol–water partition coefficient (Wildman–Crippen LogP) is 6.51. The standard InChI is InChI=1S/C25H38N2O3Si/c1-18(2)16-29-24(28)27(22-10-11-22)15-21-14-19(13-20-9-8-12-26-23(20)21)17-30-31(6,7)25(3,4)5/h8-9,12-14,18,22H,10-11,15-17H2,1-7H3. The van der Waals surface area contributed by atoms with Gasteiger partial charge >= 0.3 is 6.09 Å². The Morgan fingerprint density at radius 3 is 2.58 bits per heavy atom. The molecule has 0 bridgehead atoms. The van der Waals surface area contributed by atoms with Gasteiger partial charge in [0.2, 0.25) is 0 Å². The van der Waals surface area contributed by atoms with Gasteiger partial charge in [0.15, 0.2) is 8.32 Å². The smallest absolute Gasteiger partial charge is 0.410 e. The molecule has 170 valence electrons. The number of ether oxygens (including phenoxy) is 1. The third-order valence-corrected chi connectivity index (χ3v) is 10.8. The topological polar surface area (TPSA) is 51.7 Å². The third kappa shape index (κ3) is 6.07. The Kier molecular flexibility index (Phi) is 7.11. The molecule has 0 N–H and O–H groups in total. The Morgan fingerprint density at radius 1 is 1.26 bits per heavy atom. The number of amides is 1. The van der Waals surface area contributed by atoms with Gasteiger partial charge in [-0.05, 0) is 66.2 Å².